The van der Waals surface area contributed by atoms with E-state index in [9.17, 15) is 9.59 Å². The molecule has 2 aliphatic rings. The van der Waals surface area contributed by atoms with Crippen LogP contribution in [0.1, 0.15) is 46.6 Å². The lowest BCUT2D eigenvalue weighted by atomic mass is 10.1. The van der Waals surface area contributed by atoms with Crippen LogP contribution in [0.2, 0.25) is 5.02 Å². The van der Waals surface area contributed by atoms with Gasteiger partial charge in [-0.1, -0.05) is 48.0 Å². The van der Waals surface area contributed by atoms with Gasteiger partial charge in [0, 0.05) is 56.4 Å². The highest BCUT2D eigenvalue weighted by atomic mass is 35.5. The average molecular weight is 518 g/mol. The summed E-state index contributed by atoms with van der Waals surface area (Å²) in [6, 6.07) is 16.0. The first kappa shape index (κ1) is 25.4. The third kappa shape index (κ3) is 6.35. The molecule has 1 aliphatic carbocycles. The van der Waals surface area contributed by atoms with Gasteiger partial charge in [0.2, 0.25) is 5.91 Å². The second-order valence-corrected chi connectivity index (χ2v) is 10.4. The Kier molecular flexibility index (Phi) is 7.82. The molecule has 8 heteroatoms. The van der Waals surface area contributed by atoms with Crippen LogP contribution >= 0.6 is 11.6 Å². The first-order valence-electron chi connectivity index (χ1n) is 12.9. The van der Waals surface area contributed by atoms with Crippen LogP contribution in [0.4, 0.5) is 5.69 Å². The van der Waals surface area contributed by atoms with Gasteiger partial charge in [0.1, 0.15) is 5.69 Å². The fourth-order valence-corrected chi connectivity index (χ4v) is 4.94. The van der Waals surface area contributed by atoms with Crippen LogP contribution in [0.25, 0.3) is 0 Å². The maximum atomic E-state index is 13.6. The molecule has 0 N–H and O–H groups in total. The van der Waals surface area contributed by atoms with Gasteiger partial charge in [0.15, 0.2) is 0 Å². The Morgan fingerprint density at radius 3 is 2.51 bits per heavy atom. The molecule has 1 saturated carbocycles. The summed E-state index contributed by atoms with van der Waals surface area (Å²) in [6.07, 6.45) is 5.85. The molecule has 0 unspecified atom stereocenters. The summed E-state index contributed by atoms with van der Waals surface area (Å²) in [7, 11) is 0. The van der Waals surface area contributed by atoms with Crippen molar-refractivity contribution in [3.8, 4) is 0 Å². The van der Waals surface area contributed by atoms with E-state index in [0.29, 0.717) is 36.9 Å². The first-order valence-corrected chi connectivity index (χ1v) is 13.3. The molecular weight excluding hydrogens is 486 g/mol. The Hall–Kier alpha value is -3.29. The van der Waals surface area contributed by atoms with E-state index in [1.54, 1.807) is 6.20 Å². The molecule has 2 aromatic carbocycles. The SMILES string of the molecule is Cc1cnc(C(=O)N2CCN(Cc3ccccc3)CCCN(C(=O)C3CC3)c3cc(Cl)ccc3C2)cn1. The third-order valence-corrected chi connectivity index (χ3v) is 7.21. The monoisotopic (exact) mass is 517 g/mol. The molecule has 5 rings (SSSR count). The zero-order chi connectivity index (χ0) is 25.8. The van der Waals surface area contributed by atoms with Gasteiger partial charge in [0.25, 0.3) is 5.91 Å². The molecule has 0 saturated heterocycles. The number of rotatable bonds is 4. The van der Waals surface area contributed by atoms with E-state index in [4.69, 9.17) is 11.6 Å². The number of aryl methyl sites for hydroxylation is 1. The Balaban J connectivity index is 1.49. The normalized spacial score (nSPS) is 17.1. The Morgan fingerprint density at radius 1 is 0.973 bits per heavy atom. The van der Waals surface area contributed by atoms with Crippen LogP contribution < -0.4 is 4.90 Å². The Bertz CT molecular complexity index is 1250. The summed E-state index contributed by atoms with van der Waals surface area (Å²) in [4.78, 5) is 41.7. The number of benzene rings is 2. The topological polar surface area (TPSA) is 69.6 Å². The third-order valence-electron chi connectivity index (χ3n) is 6.97. The minimum atomic E-state index is -0.174. The van der Waals surface area contributed by atoms with E-state index in [1.807, 2.05) is 53.1 Å². The molecule has 0 bridgehead atoms. The van der Waals surface area contributed by atoms with Crippen molar-refractivity contribution in [2.45, 2.75) is 39.3 Å². The number of hydrogen-bond donors (Lipinski definition) is 0. The summed E-state index contributed by atoms with van der Waals surface area (Å²) in [5, 5.41) is 0.579. The highest BCUT2D eigenvalue weighted by Gasteiger charge is 2.35. The highest BCUT2D eigenvalue weighted by molar-refractivity contribution is 6.31. The van der Waals surface area contributed by atoms with E-state index in [2.05, 4.69) is 27.0 Å². The predicted octanol–water partition coefficient (Wildman–Crippen LogP) is 4.73. The van der Waals surface area contributed by atoms with Gasteiger partial charge in [-0.15, -0.1) is 0 Å². The molecule has 0 spiro atoms. The molecule has 0 atom stereocenters. The zero-order valence-electron chi connectivity index (χ0n) is 21.1. The van der Waals surface area contributed by atoms with Gasteiger partial charge in [-0.05, 0) is 49.4 Å². The highest BCUT2D eigenvalue weighted by Crippen LogP contribution is 2.35. The second kappa shape index (κ2) is 11.4. The molecule has 0 radical (unpaired) electrons. The standard InChI is InChI=1S/C29H32ClN5O2/c1-21-17-32-26(18-31-21)29(37)34-15-14-33(19-22-6-3-2-4-7-22)12-5-13-35(28(36)23-8-9-23)27-16-25(30)11-10-24(27)20-34/h2-4,6-7,10-11,16-18,23H,5,8-9,12-15,19-20H2,1H3. The van der Waals surface area contributed by atoms with E-state index in [-0.39, 0.29) is 17.7 Å². The molecule has 1 fully saturated rings. The van der Waals surface area contributed by atoms with Gasteiger partial charge in [-0.2, -0.15) is 0 Å². The lowest BCUT2D eigenvalue weighted by Gasteiger charge is -2.28. The second-order valence-electron chi connectivity index (χ2n) is 9.92. The van der Waals surface area contributed by atoms with E-state index < -0.39 is 0 Å². The summed E-state index contributed by atoms with van der Waals surface area (Å²) in [5.41, 5.74) is 4.01. The van der Waals surface area contributed by atoms with Crippen LogP contribution in [0.5, 0.6) is 0 Å². The quantitative estimate of drug-likeness (QED) is 0.500. The fourth-order valence-electron chi connectivity index (χ4n) is 4.77. The molecule has 1 aromatic heterocycles. The fraction of sp³-hybridized carbons (Fsp3) is 0.379. The van der Waals surface area contributed by atoms with Crippen LogP contribution in [-0.4, -0.2) is 57.8 Å². The molecule has 37 heavy (non-hydrogen) atoms. The van der Waals surface area contributed by atoms with Crippen molar-refractivity contribution >= 4 is 29.1 Å². The van der Waals surface area contributed by atoms with Crippen molar-refractivity contribution in [1.82, 2.24) is 19.8 Å². The maximum Gasteiger partial charge on any atom is 0.274 e. The van der Waals surface area contributed by atoms with Crippen LogP contribution in [0, 0.1) is 12.8 Å². The Labute approximate surface area is 223 Å². The van der Waals surface area contributed by atoms with Gasteiger partial charge in [-0.3, -0.25) is 19.5 Å². The number of carbonyl (C=O) groups is 2. The van der Waals surface area contributed by atoms with Crippen LogP contribution in [0.3, 0.4) is 0 Å². The molecule has 2 amide bonds. The lowest BCUT2D eigenvalue weighted by molar-refractivity contribution is -0.119. The van der Waals surface area contributed by atoms with Crippen molar-refractivity contribution in [3.05, 3.63) is 88.5 Å². The number of aromatic nitrogens is 2. The minimum Gasteiger partial charge on any atom is -0.332 e. The largest absolute Gasteiger partial charge is 0.332 e. The van der Waals surface area contributed by atoms with Crippen molar-refractivity contribution in [3.63, 3.8) is 0 Å². The minimum absolute atomic E-state index is 0.0814. The first-order chi connectivity index (χ1) is 18.0. The van der Waals surface area contributed by atoms with Crippen molar-refractivity contribution in [2.24, 2.45) is 5.92 Å². The average Bonchev–Trinajstić information content (AvgIpc) is 3.75. The van der Waals surface area contributed by atoms with Crippen molar-refractivity contribution in [2.75, 3.05) is 31.1 Å². The maximum absolute atomic E-state index is 13.6. The number of amides is 2. The van der Waals surface area contributed by atoms with Crippen molar-refractivity contribution < 1.29 is 9.59 Å². The number of anilines is 1. The van der Waals surface area contributed by atoms with Crippen LogP contribution in [0.15, 0.2) is 60.9 Å². The molecular formula is C29H32ClN5O2. The van der Waals surface area contributed by atoms with Gasteiger partial charge in [-0.25, -0.2) is 4.98 Å². The number of hydrogen-bond acceptors (Lipinski definition) is 5. The number of halogens is 1. The summed E-state index contributed by atoms with van der Waals surface area (Å²) in [5.74, 6) is 0.0602. The molecule has 2 heterocycles. The van der Waals surface area contributed by atoms with Crippen LogP contribution in [-0.2, 0) is 17.9 Å². The molecule has 192 valence electrons. The predicted molar refractivity (Wildman–Crippen MR) is 144 cm³/mol. The zero-order valence-corrected chi connectivity index (χ0v) is 21.9. The number of carbonyl (C=O) groups excluding carboxylic acids is 2. The summed E-state index contributed by atoms with van der Waals surface area (Å²) < 4.78 is 0. The number of fused-ring (bicyclic) bond motifs is 1. The van der Waals surface area contributed by atoms with E-state index in [1.165, 1.54) is 11.8 Å². The van der Waals surface area contributed by atoms with Gasteiger partial charge in [0.05, 0.1) is 17.6 Å². The molecule has 7 nitrogen and oxygen atoms in total. The van der Waals surface area contributed by atoms with E-state index in [0.717, 1.165) is 49.3 Å². The van der Waals surface area contributed by atoms with Gasteiger partial charge >= 0.3 is 0 Å². The smallest absolute Gasteiger partial charge is 0.274 e. The summed E-state index contributed by atoms with van der Waals surface area (Å²) >= 11 is 6.42. The molecule has 3 aromatic rings. The van der Waals surface area contributed by atoms with E-state index >= 15 is 0 Å². The number of nitrogens with zero attached hydrogens (tertiary/aromatic N) is 5. The molecule has 1 aliphatic heterocycles. The lowest BCUT2D eigenvalue weighted by Crippen LogP contribution is -2.39. The Morgan fingerprint density at radius 2 is 1.78 bits per heavy atom. The van der Waals surface area contributed by atoms with Crippen molar-refractivity contribution in [1.29, 1.82) is 0 Å². The van der Waals surface area contributed by atoms with Gasteiger partial charge < -0.3 is 9.80 Å². The summed E-state index contributed by atoms with van der Waals surface area (Å²) in [6.45, 7) is 5.65.